The minimum atomic E-state index is 0.722. The van der Waals surface area contributed by atoms with E-state index in [0.29, 0.717) is 0 Å². The predicted octanol–water partition coefficient (Wildman–Crippen LogP) is 3.64. The third-order valence-electron chi connectivity index (χ3n) is 3.72. The van der Waals surface area contributed by atoms with Crippen LogP contribution in [0.25, 0.3) is 16.6 Å². The van der Waals surface area contributed by atoms with Gasteiger partial charge in [-0.2, -0.15) is 0 Å². The highest BCUT2D eigenvalue weighted by atomic mass is 15.3. The SMILES string of the molecule is Cc1ccc(Nc2nc3ccccc3c3nnc(C)n23)cc1. The third kappa shape index (κ3) is 1.98. The average Bonchev–Trinajstić information content (AvgIpc) is 2.92. The molecule has 0 aliphatic heterocycles. The second-order valence-corrected chi connectivity index (χ2v) is 5.35. The van der Waals surface area contributed by atoms with Gasteiger partial charge < -0.3 is 5.32 Å². The molecule has 108 valence electrons. The lowest BCUT2D eigenvalue weighted by atomic mass is 10.2. The molecule has 0 aliphatic carbocycles. The minimum Gasteiger partial charge on any atom is -0.325 e. The first kappa shape index (κ1) is 12.8. The standard InChI is InChI=1S/C17H15N5/c1-11-7-9-13(10-8-11)18-17-19-15-6-4-3-5-14(15)16-21-20-12(2)22(16)17/h3-10H,1-2H3,(H,18,19). The fourth-order valence-corrected chi connectivity index (χ4v) is 2.56. The van der Waals surface area contributed by atoms with Crippen molar-refractivity contribution < 1.29 is 0 Å². The molecule has 4 rings (SSSR count). The molecule has 4 aromatic rings. The van der Waals surface area contributed by atoms with Gasteiger partial charge in [-0.25, -0.2) is 9.38 Å². The van der Waals surface area contributed by atoms with Crippen LogP contribution in [0.2, 0.25) is 0 Å². The molecule has 0 saturated heterocycles. The van der Waals surface area contributed by atoms with Crippen LogP contribution in [0.5, 0.6) is 0 Å². The van der Waals surface area contributed by atoms with Gasteiger partial charge >= 0.3 is 0 Å². The summed E-state index contributed by atoms with van der Waals surface area (Å²) >= 11 is 0. The Morgan fingerprint density at radius 1 is 0.909 bits per heavy atom. The first-order chi connectivity index (χ1) is 10.7. The van der Waals surface area contributed by atoms with Crippen LogP contribution < -0.4 is 5.32 Å². The highest BCUT2D eigenvalue weighted by Crippen LogP contribution is 2.23. The van der Waals surface area contributed by atoms with Crippen molar-refractivity contribution in [1.82, 2.24) is 19.6 Å². The Balaban J connectivity index is 1.94. The van der Waals surface area contributed by atoms with E-state index in [1.807, 2.05) is 47.7 Å². The van der Waals surface area contributed by atoms with Gasteiger partial charge in [-0.3, -0.25) is 0 Å². The zero-order valence-electron chi connectivity index (χ0n) is 12.4. The Hall–Kier alpha value is -2.95. The number of nitrogens with zero attached hydrogens (tertiary/aromatic N) is 4. The summed E-state index contributed by atoms with van der Waals surface area (Å²) in [6, 6.07) is 16.2. The molecule has 22 heavy (non-hydrogen) atoms. The van der Waals surface area contributed by atoms with Crippen molar-refractivity contribution in [1.29, 1.82) is 0 Å². The summed E-state index contributed by atoms with van der Waals surface area (Å²) in [5.41, 5.74) is 3.93. The first-order valence-electron chi connectivity index (χ1n) is 7.16. The van der Waals surface area contributed by atoms with Crippen molar-refractivity contribution in [2.75, 3.05) is 5.32 Å². The molecule has 0 fully saturated rings. The molecule has 1 N–H and O–H groups in total. The summed E-state index contributed by atoms with van der Waals surface area (Å²) in [5.74, 6) is 1.53. The van der Waals surface area contributed by atoms with E-state index in [1.165, 1.54) is 5.56 Å². The molecule has 5 nitrogen and oxygen atoms in total. The highest BCUT2D eigenvalue weighted by Gasteiger charge is 2.12. The van der Waals surface area contributed by atoms with Crippen molar-refractivity contribution in [2.45, 2.75) is 13.8 Å². The normalized spacial score (nSPS) is 11.2. The van der Waals surface area contributed by atoms with E-state index in [1.54, 1.807) is 0 Å². The average molecular weight is 289 g/mol. The van der Waals surface area contributed by atoms with Gasteiger partial charge in [0.2, 0.25) is 5.95 Å². The van der Waals surface area contributed by atoms with E-state index >= 15 is 0 Å². The fraction of sp³-hybridized carbons (Fsp3) is 0.118. The first-order valence-corrected chi connectivity index (χ1v) is 7.16. The zero-order chi connectivity index (χ0) is 15.1. The molecule has 0 atom stereocenters. The number of rotatable bonds is 2. The molecule has 0 aliphatic rings. The van der Waals surface area contributed by atoms with Gasteiger partial charge in [-0.15, -0.1) is 10.2 Å². The molecule has 0 radical (unpaired) electrons. The van der Waals surface area contributed by atoms with E-state index in [9.17, 15) is 0 Å². The van der Waals surface area contributed by atoms with Crippen molar-refractivity contribution in [3.05, 3.63) is 59.9 Å². The van der Waals surface area contributed by atoms with Gasteiger partial charge in [-0.1, -0.05) is 29.8 Å². The number of fused-ring (bicyclic) bond motifs is 3. The van der Waals surface area contributed by atoms with Gasteiger partial charge in [0.05, 0.1) is 5.52 Å². The molecule has 0 bridgehead atoms. The molecule has 2 heterocycles. The monoisotopic (exact) mass is 289 g/mol. The summed E-state index contributed by atoms with van der Waals surface area (Å²) in [4.78, 5) is 4.73. The molecule has 0 amide bonds. The molecular formula is C17H15N5. The van der Waals surface area contributed by atoms with Crippen LogP contribution >= 0.6 is 0 Å². The van der Waals surface area contributed by atoms with Crippen molar-refractivity contribution >= 4 is 28.2 Å². The van der Waals surface area contributed by atoms with Gasteiger partial charge in [0.25, 0.3) is 0 Å². The summed E-state index contributed by atoms with van der Waals surface area (Å²) in [6.07, 6.45) is 0. The van der Waals surface area contributed by atoms with Crippen molar-refractivity contribution in [2.24, 2.45) is 0 Å². The molecule has 0 saturated carbocycles. The summed E-state index contributed by atoms with van der Waals surface area (Å²) in [5, 5.41) is 12.9. The molecule has 5 heteroatoms. The highest BCUT2D eigenvalue weighted by molar-refractivity contribution is 5.92. The molecule has 0 spiro atoms. The molecule has 0 unspecified atom stereocenters. The fourth-order valence-electron chi connectivity index (χ4n) is 2.56. The van der Waals surface area contributed by atoms with Crippen molar-refractivity contribution in [3.8, 4) is 0 Å². The van der Waals surface area contributed by atoms with Crippen LogP contribution in [0.1, 0.15) is 11.4 Å². The van der Waals surface area contributed by atoms with Crippen LogP contribution in [0.4, 0.5) is 11.6 Å². The van der Waals surface area contributed by atoms with E-state index in [4.69, 9.17) is 4.98 Å². The maximum Gasteiger partial charge on any atom is 0.215 e. The Labute approximate surface area is 127 Å². The van der Waals surface area contributed by atoms with Crippen LogP contribution in [-0.4, -0.2) is 19.6 Å². The number of para-hydroxylation sites is 1. The van der Waals surface area contributed by atoms with Crippen LogP contribution in [-0.2, 0) is 0 Å². The van der Waals surface area contributed by atoms with Gasteiger partial charge in [-0.05, 0) is 38.1 Å². The number of aromatic nitrogens is 4. The second-order valence-electron chi connectivity index (χ2n) is 5.35. The van der Waals surface area contributed by atoms with Crippen LogP contribution in [0.3, 0.4) is 0 Å². The minimum absolute atomic E-state index is 0.722. The summed E-state index contributed by atoms with van der Waals surface area (Å²) in [6.45, 7) is 4.00. The largest absolute Gasteiger partial charge is 0.325 e. The summed E-state index contributed by atoms with van der Waals surface area (Å²) in [7, 11) is 0. The number of nitrogens with one attached hydrogen (secondary N) is 1. The van der Waals surface area contributed by atoms with E-state index in [0.717, 1.165) is 34.0 Å². The molecule has 2 aromatic heterocycles. The topological polar surface area (TPSA) is 55.1 Å². The molecular weight excluding hydrogens is 274 g/mol. The van der Waals surface area contributed by atoms with Crippen molar-refractivity contribution in [3.63, 3.8) is 0 Å². The summed E-state index contributed by atoms with van der Waals surface area (Å²) < 4.78 is 1.95. The quantitative estimate of drug-likeness (QED) is 0.612. The van der Waals surface area contributed by atoms with E-state index in [2.05, 4.69) is 34.6 Å². The van der Waals surface area contributed by atoms with E-state index in [-0.39, 0.29) is 0 Å². The Morgan fingerprint density at radius 3 is 2.50 bits per heavy atom. The maximum absolute atomic E-state index is 4.73. The van der Waals surface area contributed by atoms with Crippen LogP contribution in [0.15, 0.2) is 48.5 Å². The Morgan fingerprint density at radius 2 is 1.68 bits per heavy atom. The smallest absolute Gasteiger partial charge is 0.215 e. The second kappa shape index (κ2) is 4.80. The third-order valence-corrected chi connectivity index (χ3v) is 3.72. The Bertz CT molecular complexity index is 970. The maximum atomic E-state index is 4.73. The number of hydrogen-bond donors (Lipinski definition) is 1. The lowest BCUT2D eigenvalue weighted by Crippen LogP contribution is -2.03. The number of hydrogen-bond acceptors (Lipinski definition) is 4. The zero-order valence-corrected chi connectivity index (χ0v) is 12.4. The lowest BCUT2D eigenvalue weighted by molar-refractivity contribution is 0.995. The molecule has 2 aromatic carbocycles. The lowest BCUT2D eigenvalue weighted by Gasteiger charge is -2.10. The van der Waals surface area contributed by atoms with Gasteiger partial charge in [0, 0.05) is 11.1 Å². The number of aryl methyl sites for hydroxylation is 2. The number of benzene rings is 2. The predicted molar refractivity (Wildman–Crippen MR) is 87.5 cm³/mol. The Kier molecular flexibility index (Phi) is 2.79. The van der Waals surface area contributed by atoms with Gasteiger partial charge in [0.15, 0.2) is 5.65 Å². The van der Waals surface area contributed by atoms with E-state index < -0.39 is 0 Å². The number of anilines is 2. The van der Waals surface area contributed by atoms with Gasteiger partial charge in [0.1, 0.15) is 5.82 Å². The van der Waals surface area contributed by atoms with Crippen LogP contribution in [0, 0.1) is 13.8 Å².